The highest BCUT2D eigenvalue weighted by atomic mass is 35.5. The standard InChI is InChI=1S/C18H16ClNO5/c1-11(21)20-8-12-2-4-14(5-3-12)18(22)23-9-13-6-15(19)17-16(7-13)24-10-25-17/h2-7H,8-10H2,1H3,(H,20,21). The van der Waals surface area contributed by atoms with Crippen LogP contribution in [0.4, 0.5) is 0 Å². The molecule has 0 aromatic heterocycles. The summed E-state index contributed by atoms with van der Waals surface area (Å²) in [7, 11) is 0. The molecule has 25 heavy (non-hydrogen) atoms. The molecular formula is C18H16ClNO5. The first kappa shape index (κ1) is 17.1. The van der Waals surface area contributed by atoms with Gasteiger partial charge in [0.05, 0.1) is 10.6 Å². The zero-order valence-electron chi connectivity index (χ0n) is 13.5. The SMILES string of the molecule is CC(=O)NCc1ccc(C(=O)OCc2cc(Cl)c3c(c2)OCO3)cc1. The molecule has 1 N–H and O–H groups in total. The summed E-state index contributed by atoms with van der Waals surface area (Å²) >= 11 is 6.10. The van der Waals surface area contributed by atoms with Crippen molar-refractivity contribution in [1.29, 1.82) is 0 Å². The van der Waals surface area contributed by atoms with Crippen LogP contribution in [0.5, 0.6) is 11.5 Å². The summed E-state index contributed by atoms with van der Waals surface area (Å²) in [5, 5.41) is 3.11. The summed E-state index contributed by atoms with van der Waals surface area (Å²) in [6.45, 7) is 2.07. The zero-order valence-corrected chi connectivity index (χ0v) is 14.3. The molecule has 0 unspecified atom stereocenters. The summed E-state index contributed by atoms with van der Waals surface area (Å²) < 4.78 is 15.8. The third-order valence-electron chi connectivity index (χ3n) is 3.59. The summed E-state index contributed by atoms with van der Waals surface area (Å²) in [6.07, 6.45) is 0. The predicted molar refractivity (Wildman–Crippen MR) is 90.7 cm³/mol. The van der Waals surface area contributed by atoms with Crippen LogP contribution in [0.1, 0.15) is 28.4 Å². The minimum absolute atomic E-state index is 0.0723. The van der Waals surface area contributed by atoms with Crippen LogP contribution in [0.15, 0.2) is 36.4 Å². The molecule has 3 rings (SSSR count). The van der Waals surface area contributed by atoms with Gasteiger partial charge in [-0.1, -0.05) is 23.7 Å². The number of carbonyl (C=O) groups is 2. The molecule has 0 radical (unpaired) electrons. The lowest BCUT2D eigenvalue weighted by Crippen LogP contribution is -2.18. The van der Waals surface area contributed by atoms with E-state index in [9.17, 15) is 9.59 Å². The van der Waals surface area contributed by atoms with Crippen LogP contribution >= 0.6 is 11.6 Å². The average molecular weight is 362 g/mol. The second kappa shape index (κ2) is 7.44. The molecule has 1 heterocycles. The number of hydrogen-bond donors (Lipinski definition) is 1. The summed E-state index contributed by atoms with van der Waals surface area (Å²) in [5.74, 6) is 0.498. The Morgan fingerprint density at radius 1 is 1.16 bits per heavy atom. The Morgan fingerprint density at radius 3 is 2.64 bits per heavy atom. The third-order valence-corrected chi connectivity index (χ3v) is 3.87. The quantitative estimate of drug-likeness (QED) is 0.828. The second-order valence-corrected chi connectivity index (χ2v) is 5.90. The van der Waals surface area contributed by atoms with Gasteiger partial charge in [-0.3, -0.25) is 4.79 Å². The number of nitrogens with one attached hydrogen (secondary N) is 1. The van der Waals surface area contributed by atoms with Crippen molar-refractivity contribution in [3.63, 3.8) is 0 Å². The third kappa shape index (κ3) is 4.22. The number of rotatable bonds is 5. The van der Waals surface area contributed by atoms with Gasteiger partial charge in [0.25, 0.3) is 0 Å². The second-order valence-electron chi connectivity index (χ2n) is 5.49. The van der Waals surface area contributed by atoms with E-state index in [2.05, 4.69) is 5.32 Å². The van der Waals surface area contributed by atoms with E-state index >= 15 is 0 Å². The van der Waals surface area contributed by atoms with Gasteiger partial charge in [0, 0.05) is 13.5 Å². The van der Waals surface area contributed by atoms with Crippen molar-refractivity contribution < 1.29 is 23.8 Å². The van der Waals surface area contributed by atoms with Crippen LogP contribution in [-0.2, 0) is 22.7 Å². The topological polar surface area (TPSA) is 73.9 Å². The maximum atomic E-state index is 12.1. The van der Waals surface area contributed by atoms with Crippen molar-refractivity contribution in [2.24, 2.45) is 0 Å². The molecule has 130 valence electrons. The summed E-state index contributed by atoms with van der Waals surface area (Å²) in [5.41, 5.74) is 2.04. The summed E-state index contributed by atoms with van der Waals surface area (Å²) in [6, 6.07) is 10.3. The molecule has 2 aromatic carbocycles. The largest absolute Gasteiger partial charge is 0.457 e. The van der Waals surface area contributed by atoms with Gasteiger partial charge in [-0.05, 0) is 35.4 Å². The fourth-order valence-corrected chi connectivity index (χ4v) is 2.61. The Bertz CT molecular complexity index is 804. The number of carbonyl (C=O) groups excluding carboxylic acids is 2. The van der Waals surface area contributed by atoms with Crippen LogP contribution in [0.3, 0.4) is 0 Å². The lowest BCUT2D eigenvalue weighted by atomic mass is 10.1. The van der Waals surface area contributed by atoms with Crippen molar-refractivity contribution >= 4 is 23.5 Å². The smallest absolute Gasteiger partial charge is 0.338 e. The minimum Gasteiger partial charge on any atom is -0.457 e. The number of amides is 1. The molecule has 6 nitrogen and oxygen atoms in total. The lowest BCUT2D eigenvalue weighted by molar-refractivity contribution is -0.119. The molecule has 0 spiro atoms. The first-order chi connectivity index (χ1) is 12.0. The first-order valence-corrected chi connectivity index (χ1v) is 7.99. The number of hydrogen-bond acceptors (Lipinski definition) is 5. The molecule has 1 aliphatic heterocycles. The molecule has 0 aliphatic carbocycles. The highest BCUT2D eigenvalue weighted by Crippen LogP contribution is 2.39. The molecule has 2 aromatic rings. The van der Waals surface area contributed by atoms with Crippen LogP contribution in [0.2, 0.25) is 5.02 Å². The molecular weight excluding hydrogens is 346 g/mol. The number of esters is 1. The van der Waals surface area contributed by atoms with E-state index in [1.807, 2.05) is 0 Å². The Morgan fingerprint density at radius 2 is 1.92 bits per heavy atom. The minimum atomic E-state index is -0.445. The van der Waals surface area contributed by atoms with E-state index in [0.29, 0.717) is 34.2 Å². The fourth-order valence-electron chi connectivity index (χ4n) is 2.32. The molecule has 1 aliphatic rings. The molecule has 0 atom stereocenters. The van der Waals surface area contributed by atoms with Crippen molar-refractivity contribution in [3.8, 4) is 11.5 Å². The average Bonchev–Trinajstić information content (AvgIpc) is 3.07. The van der Waals surface area contributed by atoms with Crippen molar-refractivity contribution in [2.45, 2.75) is 20.1 Å². The number of halogens is 1. The van der Waals surface area contributed by atoms with Crippen LogP contribution in [0, 0.1) is 0 Å². The lowest BCUT2D eigenvalue weighted by Gasteiger charge is -2.08. The van der Waals surface area contributed by atoms with Gasteiger partial charge in [0.15, 0.2) is 11.5 Å². The van der Waals surface area contributed by atoms with Crippen molar-refractivity contribution in [1.82, 2.24) is 5.32 Å². The number of fused-ring (bicyclic) bond motifs is 1. The fraction of sp³-hybridized carbons (Fsp3) is 0.222. The molecule has 7 heteroatoms. The van der Waals surface area contributed by atoms with Crippen molar-refractivity contribution in [3.05, 3.63) is 58.1 Å². The maximum Gasteiger partial charge on any atom is 0.338 e. The Kier molecular flexibility index (Phi) is 5.09. The Labute approximate surface area is 149 Å². The van der Waals surface area contributed by atoms with E-state index in [4.69, 9.17) is 25.8 Å². The van der Waals surface area contributed by atoms with Gasteiger partial charge in [0.1, 0.15) is 6.61 Å². The van der Waals surface area contributed by atoms with Gasteiger partial charge in [0.2, 0.25) is 12.7 Å². The molecule has 0 saturated carbocycles. The van der Waals surface area contributed by atoms with Gasteiger partial charge in [-0.2, -0.15) is 0 Å². The Hall–Kier alpha value is -2.73. The number of benzene rings is 2. The van der Waals surface area contributed by atoms with Gasteiger partial charge in [-0.15, -0.1) is 0 Å². The molecule has 0 bridgehead atoms. The first-order valence-electron chi connectivity index (χ1n) is 7.61. The van der Waals surface area contributed by atoms with Gasteiger partial charge >= 0.3 is 5.97 Å². The molecule has 1 amide bonds. The zero-order chi connectivity index (χ0) is 17.8. The highest BCUT2D eigenvalue weighted by molar-refractivity contribution is 6.32. The van der Waals surface area contributed by atoms with E-state index in [0.717, 1.165) is 5.56 Å². The van der Waals surface area contributed by atoms with Gasteiger partial charge in [-0.25, -0.2) is 4.79 Å². The van der Waals surface area contributed by atoms with Crippen LogP contribution in [0.25, 0.3) is 0 Å². The van der Waals surface area contributed by atoms with E-state index in [1.165, 1.54) is 6.92 Å². The van der Waals surface area contributed by atoms with E-state index < -0.39 is 5.97 Å². The molecule has 0 fully saturated rings. The summed E-state index contributed by atoms with van der Waals surface area (Å²) in [4.78, 5) is 23.0. The highest BCUT2D eigenvalue weighted by Gasteiger charge is 2.19. The van der Waals surface area contributed by atoms with Crippen LogP contribution in [-0.4, -0.2) is 18.7 Å². The van der Waals surface area contributed by atoms with Gasteiger partial charge < -0.3 is 19.5 Å². The monoisotopic (exact) mass is 361 g/mol. The van der Waals surface area contributed by atoms with E-state index in [1.54, 1.807) is 36.4 Å². The normalized spacial score (nSPS) is 11.9. The number of ether oxygens (including phenoxy) is 3. The van der Waals surface area contributed by atoms with Crippen molar-refractivity contribution in [2.75, 3.05) is 6.79 Å². The van der Waals surface area contributed by atoms with E-state index in [-0.39, 0.29) is 19.3 Å². The maximum absolute atomic E-state index is 12.1. The predicted octanol–water partition coefficient (Wildman–Crippen LogP) is 3.06. The Balaban J connectivity index is 1.59. The van der Waals surface area contributed by atoms with Crippen LogP contribution < -0.4 is 14.8 Å². The molecule has 0 saturated heterocycles.